The molecular formula is C18H30N4O. The van der Waals surface area contributed by atoms with Gasteiger partial charge in [-0.25, -0.2) is 9.78 Å². The van der Waals surface area contributed by atoms with Crippen LogP contribution >= 0.6 is 0 Å². The van der Waals surface area contributed by atoms with Gasteiger partial charge in [-0.1, -0.05) is 19.9 Å². The van der Waals surface area contributed by atoms with Crippen LogP contribution in [0.1, 0.15) is 39.7 Å². The second-order valence-electron chi connectivity index (χ2n) is 6.71. The maximum Gasteiger partial charge on any atom is 0.317 e. The average molecular weight is 318 g/mol. The highest BCUT2D eigenvalue weighted by Crippen LogP contribution is 2.20. The molecule has 2 heterocycles. The third-order valence-electron chi connectivity index (χ3n) is 4.50. The van der Waals surface area contributed by atoms with Crippen LogP contribution < -0.4 is 10.2 Å². The van der Waals surface area contributed by atoms with E-state index in [4.69, 9.17) is 0 Å². The summed E-state index contributed by atoms with van der Waals surface area (Å²) in [6.45, 7) is 12.8. The number of nitrogens with zero attached hydrogens (tertiary/aromatic N) is 3. The van der Waals surface area contributed by atoms with Crippen LogP contribution in [0.2, 0.25) is 0 Å². The van der Waals surface area contributed by atoms with E-state index in [0.717, 1.165) is 37.6 Å². The monoisotopic (exact) mass is 318 g/mol. The number of urea groups is 1. The van der Waals surface area contributed by atoms with Crippen molar-refractivity contribution in [3.05, 3.63) is 23.9 Å². The molecule has 1 aromatic rings. The lowest BCUT2D eigenvalue weighted by atomic mass is 9.92. The molecule has 1 fully saturated rings. The summed E-state index contributed by atoms with van der Waals surface area (Å²) in [5, 5.41) is 3.02. The summed E-state index contributed by atoms with van der Waals surface area (Å²) < 4.78 is 0. The molecule has 1 aliphatic heterocycles. The molecule has 2 atom stereocenters. The Bertz CT molecular complexity index is 488. The molecule has 0 saturated carbocycles. The molecule has 2 amide bonds. The van der Waals surface area contributed by atoms with Gasteiger partial charge in [-0.2, -0.15) is 0 Å². The van der Waals surface area contributed by atoms with Crippen LogP contribution in [0.15, 0.2) is 18.3 Å². The maximum absolute atomic E-state index is 12.3. The zero-order chi connectivity index (χ0) is 16.8. The van der Waals surface area contributed by atoms with Gasteiger partial charge in [0.25, 0.3) is 0 Å². The number of amides is 2. The molecule has 5 heteroatoms. The smallest absolute Gasteiger partial charge is 0.317 e. The van der Waals surface area contributed by atoms with Gasteiger partial charge in [-0.05, 0) is 43.7 Å². The van der Waals surface area contributed by atoms with E-state index < -0.39 is 0 Å². The van der Waals surface area contributed by atoms with Crippen LogP contribution in [-0.4, -0.2) is 42.1 Å². The number of pyridine rings is 1. The van der Waals surface area contributed by atoms with Gasteiger partial charge in [0, 0.05) is 38.9 Å². The van der Waals surface area contributed by atoms with Gasteiger partial charge in [0.2, 0.25) is 0 Å². The van der Waals surface area contributed by atoms with Gasteiger partial charge >= 0.3 is 6.03 Å². The Labute approximate surface area is 140 Å². The number of anilines is 1. The molecule has 0 spiro atoms. The Morgan fingerprint density at radius 1 is 1.26 bits per heavy atom. The molecular weight excluding hydrogens is 288 g/mol. The lowest BCUT2D eigenvalue weighted by molar-refractivity contribution is 0.146. The lowest BCUT2D eigenvalue weighted by Crippen LogP contribution is -2.47. The lowest BCUT2D eigenvalue weighted by Gasteiger charge is -2.34. The summed E-state index contributed by atoms with van der Waals surface area (Å²) >= 11 is 0. The summed E-state index contributed by atoms with van der Waals surface area (Å²) in [6.07, 6.45) is 3.07. The molecule has 0 bridgehead atoms. The van der Waals surface area contributed by atoms with Crippen molar-refractivity contribution in [1.29, 1.82) is 0 Å². The predicted octanol–water partition coefficient (Wildman–Crippen LogP) is 3.12. The van der Waals surface area contributed by atoms with Gasteiger partial charge in [0.15, 0.2) is 0 Å². The standard InChI is InChI=1S/C18H30N4O/c1-5-21(6-2)17-8-7-16(10-19-17)11-20-18(23)22-12-14(3)9-15(4)13-22/h7-8,10,14-15H,5-6,9,11-13H2,1-4H3,(H,20,23). The van der Waals surface area contributed by atoms with E-state index in [2.05, 4.69) is 42.9 Å². The number of hydrogen-bond acceptors (Lipinski definition) is 3. The molecule has 128 valence electrons. The summed E-state index contributed by atoms with van der Waals surface area (Å²) in [5.41, 5.74) is 1.03. The highest BCUT2D eigenvalue weighted by Gasteiger charge is 2.25. The van der Waals surface area contributed by atoms with Gasteiger partial charge in [-0.3, -0.25) is 0 Å². The van der Waals surface area contributed by atoms with Crippen LogP contribution in [0.4, 0.5) is 10.6 Å². The van der Waals surface area contributed by atoms with E-state index >= 15 is 0 Å². The Balaban J connectivity index is 1.86. The fourth-order valence-corrected chi connectivity index (χ4v) is 3.37. The average Bonchev–Trinajstić information content (AvgIpc) is 2.54. The highest BCUT2D eigenvalue weighted by atomic mass is 16.2. The number of carbonyl (C=O) groups excluding carboxylic acids is 1. The van der Waals surface area contributed by atoms with E-state index in [0.29, 0.717) is 18.4 Å². The fourth-order valence-electron chi connectivity index (χ4n) is 3.37. The van der Waals surface area contributed by atoms with E-state index in [1.807, 2.05) is 23.2 Å². The summed E-state index contributed by atoms with van der Waals surface area (Å²) in [4.78, 5) is 21.0. The molecule has 23 heavy (non-hydrogen) atoms. The van der Waals surface area contributed by atoms with Crippen molar-refractivity contribution in [3.63, 3.8) is 0 Å². The second-order valence-corrected chi connectivity index (χ2v) is 6.71. The second kappa shape index (κ2) is 8.18. The van der Waals surface area contributed by atoms with Crippen LogP contribution in [0.3, 0.4) is 0 Å². The molecule has 1 aromatic heterocycles. The van der Waals surface area contributed by atoms with E-state index in [9.17, 15) is 4.79 Å². The first-order chi connectivity index (χ1) is 11.0. The minimum Gasteiger partial charge on any atom is -0.357 e. The Morgan fingerprint density at radius 3 is 2.43 bits per heavy atom. The zero-order valence-corrected chi connectivity index (χ0v) is 14.9. The van der Waals surface area contributed by atoms with E-state index in [1.165, 1.54) is 6.42 Å². The quantitative estimate of drug-likeness (QED) is 0.907. The first kappa shape index (κ1) is 17.6. The number of likely N-dealkylation sites (tertiary alicyclic amines) is 1. The Hall–Kier alpha value is -1.78. The number of rotatable bonds is 5. The topological polar surface area (TPSA) is 48.5 Å². The SMILES string of the molecule is CCN(CC)c1ccc(CNC(=O)N2CC(C)CC(C)C2)cn1. The van der Waals surface area contributed by atoms with Crippen molar-refractivity contribution in [2.75, 3.05) is 31.1 Å². The number of hydrogen-bond donors (Lipinski definition) is 1. The third-order valence-corrected chi connectivity index (χ3v) is 4.50. The van der Waals surface area contributed by atoms with Crippen LogP contribution in [0, 0.1) is 11.8 Å². The molecule has 2 unspecified atom stereocenters. The van der Waals surface area contributed by atoms with Gasteiger partial charge in [0.05, 0.1) is 0 Å². The zero-order valence-electron chi connectivity index (χ0n) is 14.9. The maximum atomic E-state index is 12.3. The minimum absolute atomic E-state index is 0.0382. The van der Waals surface area contributed by atoms with Crippen molar-refractivity contribution in [3.8, 4) is 0 Å². The largest absolute Gasteiger partial charge is 0.357 e. The fraction of sp³-hybridized carbons (Fsp3) is 0.667. The predicted molar refractivity (Wildman–Crippen MR) is 94.6 cm³/mol. The van der Waals surface area contributed by atoms with Crippen molar-refractivity contribution in [2.24, 2.45) is 11.8 Å². The van der Waals surface area contributed by atoms with Crippen molar-refractivity contribution < 1.29 is 4.79 Å². The van der Waals surface area contributed by atoms with E-state index in [-0.39, 0.29) is 6.03 Å². The molecule has 2 rings (SSSR count). The molecule has 5 nitrogen and oxygen atoms in total. The summed E-state index contributed by atoms with van der Waals surface area (Å²) in [6, 6.07) is 4.11. The number of nitrogens with one attached hydrogen (secondary N) is 1. The molecule has 1 aliphatic rings. The normalized spacial score (nSPS) is 21.1. The molecule has 1 saturated heterocycles. The number of aromatic nitrogens is 1. The van der Waals surface area contributed by atoms with Gasteiger partial charge < -0.3 is 15.1 Å². The molecule has 0 aromatic carbocycles. The molecule has 1 N–H and O–H groups in total. The van der Waals surface area contributed by atoms with Crippen LogP contribution in [0.25, 0.3) is 0 Å². The Kier molecular flexibility index (Phi) is 6.25. The summed E-state index contributed by atoms with van der Waals surface area (Å²) in [7, 11) is 0. The number of piperidine rings is 1. The molecule has 0 aliphatic carbocycles. The van der Waals surface area contributed by atoms with Crippen molar-refractivity contribution in [2.45, 2.75) is 40.7 Å². The van der Waals surface area contributed by atoms with E-state index in [1.54, 1.807) is 0 Å². The van der Waals surface area contributed by atoms with Crippen LogP contribution in [-0.2, 0) is 6.54 Å². The molecule has 0 radical (unpaired) electrons. The highest BCUT2D eigenvalue weighted by molar-refractivity contribution is 5.74. The third kappa shape index (κ3) is 4.85. The van der Waals surface area contributed by atoms with Crippen molar-refractivity contribution in [1.82, 2.24) is 15.2 Å². The van der Waals surface area contributed by atoms with Crippen molar-refractivity contribution >= 4 is 11.8 Å². The Morgan fingerprint density at radius 2 is 1.91 bits per heavy atom. The first-order valence-electron chi connectivity index (χ1n) is 8.76. The summed E-state index contributed by atoms with van der Waals surface area (Å²) in [5.74, 6) is 2.16. The van der Waals surface area contributed by atoms with Gasteiger partial charge in [0.1, 0.15) is 5.82 Å². The number of carbonyl (C=O) groups is 1. The van der Waals surface area contributed by atoms with Gasteiger partial charge in [-0.15, -0.1) is 0 Å². The first-order valence-corrected chi connectivity index (χ1v) is 8.76. The minimum atomic E-state index is 0.0382. The van der Waals surface area contributed by atoms with Crippen LogP contribution in [0.5, 0.6) is 0 Å².